The molecule has 0 aliphatic heterocycles. The number of benzene rings is 5. The maximum Gasteiger partial charge on any atom is 0.296 e. The van der Waals surface area contributed by atoms with Crippen LogP contribution in [-0.4, -0.2) is 72.5 Å². The molecule has 0 unspecified atom stereocenters. The third kappa shape index (κ3) is 9.17. The Bertz CT molecular complexity index is 3180. The number of hydrogen-bond donors (Lipinski definition) is 4. The summed E-state index contributed by atoms with van der Waals surface area (Å²) in [6.07, 6.45) is 0. The molecule has 2 heterocycles. The lowest BCUT2D eigenvalue weighted by atomic mass is 10.1. The zero-order valence-electron chi connectivity index (χ0n) is 31.0. The molecule has 0 atom stereocenters. The number of ether oxygens (including phenoxy) is 1. The second kappa shape index (κ2) is 16.3. The maximum absolute atomic E-state index is 12.7. The molecule has 310 valence electrons. The quantitative estimate of drug-likeness (QED) is 0.0581. The standard InChI is InChI=1S/C37H30Cl2N8O10S3/c1-3-46(20-21-5-4-6-26(15-21)58(48,49)50)24-9-13-28-31(18-24)47(25-10-14-32(57-2)34(19-25)60(54,55)56)30-16-22(7-11-27(30)42-28)40-29-12-8-23(17-33(29)59(51,52)53)41-37-44-35(38)43-36(39)45-37/h4-19H,3,20H2,1-2H3,(H4,41,42,43,44,45,48,49,50,51,52,53,54,55,56). The average molecular weight is 914 g/mol. The lowest BCUT2D eigenvalue weighted by Gasteiger charge is -2.23. The molecule has 0 bridgehead atoms. The second-order valence-corrected chi connectivity index (χ2v) is 17.7. The van der Waals surface area contributed by atoms with Crippen molar-refractivity contribution in [2.24, 2.45) is 0 Å². The summed E-state index contributed by atoms with van der Waals surface area (Å²) in [6.45, 7) is 2.56. The van der Waals surface area contributed by atoms with E-state index >= 15 is 0 Å². The third-order valence-corrected chi connectivity index (χ3v) is 12.0. The van der Waals surface area contributed by atoms with Gasteiger partial charge in [-0.2, -0.15) is 31.8 Å². The molecule has 4 N–H and O–H groups in total. The van der Waals surface area contributed by atoms with Crippen LogP contribution in [0.5, 0.6) is 5.75 Å². The van der Waals surface area contributed by atoms with Crippen molar-refractivity contribution in [2.45, 2.75) is 28.2 Å². The Hall–Kier alpha value is -5.78. The highest BCUT2D eigenvalue weighted by Crippen LogP contribution is 2.32. The molecular formula is C37H30Cl2N8O10S3. The van der Waals surface area contributed by atoms with Gasteiger partial charge >= 0.3 is 0 Å². The van der Waals surface area contributed by atoms with E-state index < -0.39 is 40.1 Å². The lowest BCUT2D eigenvalue weighted by Crippen LogP contribution is -2.34. The fourth-order valence-electron chi connectivity index (χ4n) is 6.39. The van der Waals surface area contributed by atoms with Gasteiger partial charge in [0, 0.05) is 54.4 Å². The van der Waals surface area contributed by atoms with Gasteiger partial charge in [0.25, 0.3) is 20.2 Å². The molecule has 0 fully saturated rings. The monoisotopic (exact) mass is 912 g/mol. The summed E-state index contributed by atoms with van der Waals surface area (Å²) in [6, 6.07) is 24.1. The molecule has 0 spiro atoms. The van der Waals surface area contributed by atoms with Crippen LogP contribution in [0, 0.1) is 0 Å². The Morgan fingerprint density at radius 1 is 0.733 bits per heavy atom. The summed E-state index contributed by atoms with van der Waals surface area (Å²) in [5.74, 6) is -0.273. The summed E-state index contributed by atoms with van der Waals surface area (Å²) in [4.78, 5) is 16.8. The maximum atomic E-state index is 12.7. The first-order valence-corrected chi connectivity index (χ1v) is 22.3. The molecule has 0 saturated carbocycles. The molecule has 7 aromatic rings. The van der Waals surface area contributed by atoms with Gasteiger partial charge in [-0.1, -0.05) is 12.1 Å². The van der Waals surface area contributed by atoms with Crippen LogP contribution < -0.4 is 24.8 Å². The van der Waals surface area contributed by atoms with E-state index in [2.05, 4.69) is 25.6 Å². The van der Waals surface area contributed by atoms with Gasteiger partial charge in [-0.15, -0.1) is 4.57 Å². The van der Waals surface area contributed by atoms with E-state index in [4.69, 9.17) is 32.9 Å². The molecule has 18 nitrogen and oxygen atoms in total. The molecule has 0 aliphatic rings. The number of rotatable bonds is 13. The van der Waals surface area contributed by atoms with Crippen LogP contribution in [0.1, 0.15) is 12.5 Å². The average Bonchev–Trinajstić information content (AvgIpc) is 3.18. The molecule has 0 amide bonds. The van der Waals surface area contributed by atoms with E-state index in [9.17, 15) is 38.9 Å². The number of halogens is 2. The Balaban J connectivity index is 1.38. The molecule has 0 aliphatic carbocycles. The fourth-order valence-corrected chi connectivity index (χ4v) is 8.64. The van der Waals surface area contributed by atoms with Crippen molar-refractivity contribution in [3.63, 3.8) is 0 Å². The first-order valence-electron chi connectivity index (χ1n) is 17.3. The van der Waals surface area contributed by atoms with E-state index in [1.807, 2.05) is 11.8 Å². The van der Waals surface area contributed by atoms with E-state index in [0.29, 0.717) is 45.5 Å². The van der Waals surface area contributed by atoms with E-state index in [1.54, 1.807) is 53.1 Å². The number of aromatic nitrogens is 5. The summed E-state index contributed by atoms with van der Waals surface area (Å²) in [7, 11) is -13.1. The number of methoxy groups -OCH3 is 1. The summed E-state index contributed by atoms with van der Waals surface area (Å²) < 4.78 is 113. The normalized spacial score (nSPS) is 12.1. The minimum Gasteiger partial charge on any atom is -0.744 e. The van der Waals surface area contributed by atoms with Crippen LogP contribution in [-0.2, 0) is 36.9 Å². The van der Waals surface area contributed by atoms with Crippen LogP contribution in [0.2, 0.25) is 10.6 Å². The van der Waals surface area contributed by atoms with Gasteiger partial charge in [0.1, 0.15) is 36.7 Å². The second-order valence-electron chi connectivity index (χ2n) is 12.9. The molecular weight excluding hydrogens is 884 g/mol. The topological polar surface area (TPSA) is 258 Å². The fraction of sp³-hybridized carbons (Fsp3) is 0.108. The first kappa shape index (κ1) is 42.3. The summed E-state index contributed by atoms with van der Waals surface area (Å²) in [5, 5.41) is 5.34. The predicted molar refractivity (Wildman–Crippen MR) is 221 cm³/mol. The van der Waals surface area contributed by atoms with Crippen LogP contribution in [0.25, 0.3) is 27.8 Å². The summed E-state index contributed by atoms with van der Waals surface area (Å²) in [5.41, 5.74) is 3.51. The molecule has 0 radical (unpaired) electrons. The largest absolute Gasteiger partial charge is 0.744 e. The number of fused-ring (bicyclic) bond motifs is 2. The highest BCUT2D eigenvalue weighted by molar-refractivity contribution is 7.86. The van der Waals surface area contributed by atoms with Crippen molar-refractivity contribution in [1.82, 2.24) is 19.9 Å². The number of anilines is 5. The highest BCUT2D eigenvalue weighted by atomic mass is 35.5. The van der Waals surface area contributed by atoms with E-state index in [0.717, 1.165) is 6.07 Å². The van der Waals surface area contributed by atoms with Gasteiger partial charge in [-0.3, -0.25) is 9.11 Å². The van der Waals surface area contributed by atoms with E-state index in [1.165, 1.54) is 49.6 Å². The molecule has 2 aromatic heterocycles. The van der Waals surface area contributed by atoms with Gasteiger partial charge in [0.2, 0.25) is 33.2 Å². The van der Waals surface area contributed by atoms with Gasteiger partial charge in [-0.05, 0) is 96.4 Å². The van der Waals surface area contributed by atoms with Crippen molar-refractivity contribution in [3.05, 3.63) is 113 Å². The third-order valence-electron chi connectivity index (χ3n) is 9.02. The van der Waals surface area contributed by atoms with Crippen LogP contribution in [0.4, 0.5) is 28.7 Å². The molecule has 60 heavy (non-hydrogen) atoms. The number of nitrogens with one attached hydrogen (secondary N) is 2. The summed E-state index contributed by atoms with van der Waals surface area (Å²) >= 11 is 11.7. The van der Waals surface area contributed by atoms with Crippen molar-refractivity contribution >= 4 is 104 Å². The Kier molecular flexibility index (Phi) is 11.5. The minimum absolute atomic E-state index is 0.0440. The Labute approximate surface area is 352 Å². The first-order chi connectivity index (χ1) is 28.3. The van der Waals surface area contributed by atoms with Gasteiger partial charge < -0.3 is 24.8 Å². The lowest BCUT2D eigenvalue weighted by molar-refractivity contribution is -0.538. The molecule has 0 saturated heterocycles. The minimum atomic E-state index is -5.05. The predicted octanol–water partition coefficient (Wildman–Crippen LogP) is 6.08. The van der Waals surface area contributed by atoms with Crippen molar-refractivity contribution in [3.8, 4) is 11.4 Å². The van der Waals surface area contributed by atoms with E-state index in [-0.39, 0.29) is 50.8 Å². The molecule has 23 heteroatoms. The smallest absolute Gasteiger partial charge is 0.296 e. The number of hydrogen-bond acceptors (Lipinski definition) is 15. The van der Waals surface area contributed by atoms with Gasteiger partial charge in [0.15, 0.2) is 0 Å². The Morgan fingerprint density at radius 3 is 2.05 bits per heavy atom. The highest BCUT2D eigenvalue weighted by Gasteiger charge is 2.25. The van der Waals surface area contributed by atoms with Gasteiger partial charge in [-0.25, -0.2) is 13.4 Å². The molecule has 5 aromatic carbocycles. The Morgan fingerprint density at radius 2 is 1.40 bits per heavy atom. The zero-order chi connectivity index (χ0) is 43.1. The van der Waals surface area contributed by atoms with Gasteiger partial charge in [0.05, 0.1) is 17.7 Å². The SMILES string of the molecule is CCN(Cc1cccc(S(=O)(=O)O)c1)c1ccc2nc3ccc(Nc4ccc(Nc5nc(Cl)nc(Cl)n5)cc4S(=O)(=O)O)cc3[n+](-c3ccc(OC)c(S(=O)(=O)[O-])c3)c2c1. The van der Waals surface area contributed by atoms with Crippen LogP contribution in [0.15, 0.2) is 112 Å². The zero-order valence-corrected chi connectivity index (χ0v) is 34.9. The van der Waals surface area contributed by atoms with Crippen molar-refractivity contribution in [1.29, 1.82) is 0 Å². The van der Waals surface area contributed by atoms with Crippen LogP contribution >= 0.6 is 23.2 Å². The van der Waals surface area contributed by atoms with Crippen molar-refractivity contribution in [2.75, 3.05) is 29.2 Å². The molecule has 7 rings (SSSR count). The van der Waals surface area contributed by atoms with Crippen molar-refractivity contribution < 1.29 is 48.2 Å². The van der Waals surface area contributed by atoms with Crippen LogP contribution in [0.3, 0.4) is 0 Å². The number of nitrogens with zero attached hydrogens (tertiary/aromatic N) is 6.